The molecule has 4 rings (SSSR count). The normalized spacial score (nSPS) is 10.7. The Kier molecular flexibility index (Phi) is 7.70. The van der Waals surface area contributed by atoms with Crippen molar-refractivity contribution in [2.45, 2.75) is 0 Å². The maximum atomic E-state index is 13.9. The Morgan fingerprint density at radius 2 is 1.54 bits per heavy atom. The van der Waals surface area contributed by atoms with Crippen molar-refractivity contribution in [3.05, 3.63) is 70.2 Å². The lowest BCUT2D eigenvalue weighted by Gasteiger charge is -2.14. The molecule has 0 saturated carbocycles. The molecule has 0 unspecified atom stereocenters. The van der Waals surface area contributed by atoms with Crippen molar-refractivity contribution in [1.29, 1.82) is 0 Å². The Morgan fingerprint density at radius 3 is 2.11 bits per heavy atom. The molecule has 0 saturated heterocycles. The van der Waals surface area contributed by atoms with Crippen molar-refractivity contribution in [2.24, 2.45) is 0 Å². The van der Waals surface area contributed by atoms with Gasteiger partial charge >= 0.3 is 0 Å². The Morgan fingerprint density at radius 1 is 0.865 bits per heavy atom. The number of amides is 1. The second-order valence-corrected chi connectivity index (χ2v) is 8.30. The number of halogens is 3. The molecule has 192 valence electrons. The van der Waals surface area contributed by atoms with Crippen LogP contribution in [0.4, 0.5) is 10.1 Å². The number of hydrogen-bond donors (Lipinski definition) is 1. The zero-order valence-electron chi connectivity index (χ0n) is 20.1. The van der Waals surface area contributed by atoms with Crippen molar-refractivity contribution >= 4 is 34.8 Å². The van der Waals surface area contributed by atoms with E-state index in [1.165, 1.54) is 57.4 Å². The standard InChI is InChI=1S/C25H21Cl2FN4O5/c1-34-19-8-5-14(11-17(19)27)29-25(33)23-30-24(32(31-23)15-6-7-18(28)16(26)12-15)13-9-20(35-2)22(37-4)21(10-13)36-3/h5-12H,1-4H3,(H,29,33). The number of nitrogens with zero attached hydrogens (tertiary/aromatic N) is 3. The lowest BCUT2D eigenvalue weighted by Crippen LogP contribution is -2.14. The monoisotopic (exact) mass is 546 g/mol. The van der Waals surface area contributed by atoms with Crippen molar-refractivity contribution < 1.29 is 28.1 Å². The van der Waals surface area contributed by atoms with Crippen LogP contribution >= 0.6 is 23.2 Å². The van der Waals surface area contributed by atoms with Gasteiger partial charge in [0, 0.05) is 11.3 Å². The second-order valence-electron chi connectivity index (χ2n) is 7.49. The van der Waals surface area contributed by atoms with Crippen molar-refractivity contribution in [3.63, 3.8) is 0 Å². The Labute approximate surface area is 221 Å². The summed E-state index contributed by atoms with van der Waals surface area (Å²) in [4.78, 5) is 17.6. The molecule has 9 nitrogen and oxygen atoms in total. The molecule has 0 aliphatic rings. The van der Waals surface area contributed by atoms with E-state index in [1.54, 1.807) is 24.3 Å². The van der Waals surface area contributed by atoms with Crippen LogP contribution in [0, 0.1) is 5.82 Å². The molecule has 0 aliphatic carbocycles. The molecule has 0 aliphatic heterocycles. The number of carbonyl (C=O) groups excluding carboxylic acids is 1. The van der Waals surface area contributed by atoms with E-state index >= 15 is 0 Å². The smallest absolute Gasteiger partial charge is 0.295 e. The summed E-state index contributed by atoms with van der Waals surface area (Å²) in [5.41, 5.74) is 1.26. The average Bonchev–Trinajstić information content (AvgIpc) is 3.35. The molecule has 0 bridgehead atoms. The number of ether oxygens (including phenoxy) is 4. The van der Waals surface area contributed by atoms with Gasteiger partial charge in [-0.1, -0.05) is 23.2 Å². The summed E-state index contributed by atoms with van der Waals surface area (Å²) >= 11 is 12.2. The van der Waals surface area contributed by atoms with Gasteiger partial charge < -0.3 is 24.3 Å². The summed E-state index contributed by atoms with van der Waals surface area (Å²) in [6.45, 7) is 0. The Hall–Kier alpha value is -4.02. The fourth-order valence-electron chi connectivity index (χ4n) is 3.53. The molecule has 1 N–H and O–H groups in total. The van der Waals surface area contributed by atoms with Gasteiger partial charge in [0.05, 0.1) is 44.2 Å². The van der Waals surface area contributed by atoms with E-state index < -0.39 is 11.7 Å². The van der Waals surface area contributed by atoms with Gasteiger partial charge in [0.1, 0.15) is 11.6 Å². The molecule has 4 aromatic rings. The molecule has 1 heterocycles. The molecule has 1 aromatic heterocycles. The molecule has 0 atom stereocenters. The number of nitrogens with one attached hydrogen (secondary N) is 1. The number of carbonyl (C=O) groups is 1. The topological polar surface area (TPSA) is 96.7 Å². The van der Waals surface area contributed by atoms with Crippen LogP contribution in [-0.4, -0.2) is 49.1 Å². The highest BCUT2D eigenvalue weighted by Crippen LogP contribution is 2.41. The molecule has 1 amide bonds. The molecule has 37 heavy (non-hydrogen) atoms. The van der Waals surface area contributed by atoms with Crippen LogP contribution in [0.25, 0.3) is 17.1 Å². The molecule has 3 aromatic carbocycles. The zero-order valence-corrected chi connectivity index (χ0v) is 21.6. The van der Waals surface area contributed by atoms with Crippen LogP contribution in [-0.2, 0) is 0 Å². The Balaban J connectivity index is 1.83. The van der Waals surface area contributed by atoms with Gasteiger partial charge in [-0.15, -0.1) is 5.10 Å². The maximum absolute atomic E-state index is 13.9. The zero-order chi connectivity index (χ0) is 26.7. The molecular weight excluding hydrogens is 526 g/mol. The van der Waals surface area contributed by atoms with Crippen LogP contribution < -0.4 is 24.3 Å². The summed E-state index contributed by atoms with van der Waals surface area (Å²) in [5, 5.41) is 7.28. The summed E-state index contributed by atoms with van der Waals surface area (Å²) in [5.74, 6) is 0.413. The van der Waals surface area contributed by atoms with Crippen molar-refractivity contribution in [2.75, 3.05) is 33.8 Å². The SMILES string of the molecule is COc1ccc(NC(=O)c2nc(-c3cc(OC)c(OC)c(OC)c3)n(-c3ccc(F)c(Cl)c3)n2)cc1Cl. The molecule has 12 heteroatoms. The van der Waals surface area contributed by atoms with Gasteiger partial charge in [-0.2, -0.15) is 0 Å². The van der Waals surface area contributed by atoms with Crippen LogP contribution in [0.15, 0.2) is 48.5 Å². The number of methoxy groups -OCH3 is 4. The van der Waals surface area contributed by atoms with Crippen LogP contribution in [0.3, 0.4) is 0 Å². The first-order valence-corrected chi connectivity index (χ1v) is 11.4. The van der Waals surface area contributed by atoms with E-state index in [0.29, 0.717) is 45.0 Å². The summed E-state index contributed by atoms with van der Waals surface area (Å²) in [6, 6.07) is 12.1. The third-order valence-corrected chi connectivity index (χ3v) is 5.88. The van der Waals surface area contributed by atoms with Crippen molar-refractivity contribution in [3.8, 4) is 40.1 Å². The summed E-state index contributed by atoms with van der Waals surface area (Å²) in [7, 11) is 5.92. The lowest BCUT2D eigenvalue weighted by molar-refractivity contribution is 0.101. The van der Waals surface area contributed by atoms with Gasteiger partial charge in [0.15, 0.2) is 17.3 Å². The van der Waals surface area contributed by atoms with E-state index in [0.717, 1.165) is 0 Å². The van der Waals surface area contributed by atoms with E-state index in [1.807, 2.05) is 0 Å². The average molecular weight is 547 g/mol. The fraction of sp³-hybridized carbons (Fsp3) is 0.160. The van der Waals surface area contributed by atoms with Gasteiger partial charge in [-0.25, -0.2) is 14.1 Å². The molecule has 0 spiro atoms. The first kappa shape index (κ1) is 26.1. The number of hydrogen-bond acceptors (Lipinski definition) is 7. The minimum absolute atomic E-state index is 0.122. The van der Waals surface area contributed by atoms with Gasteiger partial charge in [-0.05, 0) is 48.5 Å². The first-order chi connectivity index (χ1) is 17.8. The fourth-order valence-corrected chi connectivity index (χ4v) is 3.97. The third kappa shape index (κ3) is 5.25. The van der Waals surface area contributed by atoms with Crippen LogP contribution in [0.5, 0.6) is 23.0 Å². The minimum Gasteiger partial charge on any atom is -0.495 e. The van der Waals surface area contributed by atoms with Crippen LogP contribution in [0.2, 0.25) is 10.0 Å². The van der Waals surface area contributed by atoms with Gasteiger partial charge in [-0.3, -0.25) is 4.79 Å². The largest absolute Gasteiger partial charge is 0.495 e. The van der Waals surface area contributed by atoms with E-state index in [-0.39, 0.29) is 16.7 Å². The van der Waals surface area contributed by atoms with Gasteiger partial charge in [0.25, 0.3) is 5.91 Å². The second kappa shape index (κ2) is 10.9. The summed E-state index contributed by atoms with van der Waals surface area (Å²) < 4.78 is 36.7. The summed E-state index contributed by atoms with van der Waals surface area (Å²) in [6.07, 6.45) is 0. The van der Waals surface area contributed by atoms with Crippen molar-refractivity contribution in [1.82, 2.24) is 14.8 Å². The molecule has 0 fully saturated rings. The predicted octanol–water partition coefficient (Wildman–Crippen LogP) is 5.67. The Bertz CT molecular complexity index is 1450. The van der Waals surface area contributed by atoms with E-state index in [2.05, 4.69) is 15.4 Å². The highest BCUT2D eigenvalue weighted by atomic mass is 35.5. The first-order valence-electron chi connectivity index (χ1n) is 10.7. The van der Waals surface area contributed by atoms with E-state index in [4.69, 9.17) is 42.1 Å². The quantitative estimate of drug-likeness (QED) is 0.304. The maximum Gasteiger partial charge on any atom is 0.295 e. The predicted molar refractivity (Wildman–Crippen MR) is 137 cm³/mol. The van der Waals surface area contributed by atoms with Gasteiger partial charge in [0.2, 0.25) is 11.6 Å². The number of rotatable bonds is 8. The lowest BCUT2D eigenvalue weighted by atomic mass is 10.1. The minimum atomic E-state index is -0.609. The number of aromatic nitrogens is 3. The number of benzene rings is 3. The highest BCUT2D eigenvalue weighted by Gasteiger charge is 2.23. The third-order valence-electron chi connectivity index (χ3n) is 5.29. The highest BCUT2D eigenvalue weighted by molar-refractivity contribution is 6.32. The molecule has 0 radical (unpaired) electrons. The van der Waals surface area contributed by atoms with Crippen LogP contribution in [0.1, 0.15) is 10.6 Å². The number of anilines is 1. The van der Waals surface area contributed by atoms with E-state index in [9.17, 15) is 9.18 Å². The molecular formula is C25H21Cl2FN4O5.